The van der Waals surface area contributed by atoms with Crippen LogP contribution in [0.3, 0.4) is 0 Å². The highest BCUT2D eigenvalue weighted by Crippen LogP contribution is 2.22. The van der Waals surface area contributed by atoms with Gasteiger partial charge in [0.2, 0.25) is 5.91 Å². The molecule has 2 rings (SSSR count). The van der Waals surface area contributed by atoms with Crippen LogP contribution < -0.4 is 16.0 Å². The summed E-state index contributed by atoms with van der Waals surface area (Å²) in [6, 6.07) is 13.1. The molecule has 0 unspecified atom stereocenters. The SMILES string of the molecule is CCNC(=O)NC(=O)[C@@H](NCc1ccc(Cl)cc1Cl)c1ccccc1. The Morgan fingerprint density at radius 3 is 2.44 bits per heavy atom. The predicted molar refractivity (Wildman–Crippen MR) is 99.7 cm³/mol. The minimum atomic E-state index is -0.699. The van der Waals surface area contributed by atoms with E-state index in [1.54, 1.807) is 25.1 Å². The Balaban J connectivity index is 2.14. The minimum absolute atomic E-state index is 0.346. The third kappa shape index (κ3) is 5.74. The van der Waals surface area contributed by atoms with E-state index in [0.29, 0.717) is 23.1 Å². The van der Waals surface area contributed by atoms with Gasteiger partial charge in [-0.05, 0) is 30.2 Å². The highest BCUT2D eigenvalue weighted by Gasteiger charge is 2.22. The Labute approximate surface area is 156 Å². The monoisotopic (exact) mass is 379 g/mol. The first-order valence-corrected chi connectivity index (χ1v) is 8.57. The molecule has 2 aromatic carbocycles. The third-order valence-electron chi connectivity index (χ3n) is 3.48. The van der Waals surface area contributed by atoms with Crippen molar-refractivity contribution >= 4 is 35.1 Å². The number of nitrogens with one attached hydrogen (secondary N) is 3. The summed E-state index contributed by atoms with van der Waals surface area (Å²) in [6.07, 6.45) is 0. The molecule has 132 valence electrons. The van der Waals surface area contributed by atoms with E-state index in [-0.39, 0.29) is 0 Å². The molecule has 0 aromatic heterocycles. The van der Waals surface area contributed by atoms with Crippen molar-refractivity contribution in [1.29, 1.82) is 0 Å². The average Bonchev–Trinajstić information content (AvgIpc) is 2.58. The standard InChI is InChI=1S/C18H19Cl2N3O2/c1-2-21-18(25)23-17(24)16(12-6-4-3-5-7-12)22-11-13-8-9-14(19)10-15(13)20/h3-10,16,22H,2,11H2,1H3,(H2,21,23,24,25)/t16-/m0/s1. The molecule has 0 bridgehead atoms. The van der Waals surface area contributed by atoms with E-state index in [4.69, 9.17) is 23.2 Å². The van der Waals surface area contributed by atoms with Gasteiger partial charge in [-0.2, -0.15) is 0 Å². The first-order chi connectivity index (χ1) is 12.0. The van der Waals surface area contributed by atoms with Gasteiger partial charge in [0, 0.05) is 23.1 Å². The molecular weight excluding hydrogens is 361 g/mol. The number of carbonyl (C=O) groups is 2. The van der Waals surface area contributed by atoms with Crippen LogP contribution in [0.2, 0.25) is 10.0 Å². The summed E-state index contributed by atoms with van der Waals surface area (Å²) in [5.74, 6) is -0.442. The highest BCUT2D eigenvalue weighted by atomic mass is 35.5. The van der Waals surface area contributed by atoms with Gasteiger partial charge in [-0.3, -0.25) is 15.4 Å². The summed E-state index contributed by atoms with van der Waals surface area (Å²) < 4.78 is 0. The average molecular weight is 380 g/mol. The lowest BCUT2D eigenvalue weighted by Crippen LogP contribution is -2.45. The first kappa shape index (κ1) is 19.2. The summed E-state index contributed by atoms with van der Waals surface area (Å²) in [5.41, 5.74) is 1.55. The van der Waals surface area contributed by atoms with Crippen LogP contribution in [0.25, 0.3) is 0 Å². The molecule has 1 atom stereocenters. The number of halogens is 2. The lowest BCUT2D eigenvalue weighted by Gasteiger charge is -2.19. The summed E-state index contributed by atoms with van der Waals surface area (Å²) >= 11 is 12.1. The molecule has 0 saturated carbocycles. The van der Waals surface area contributed by atoms with Crippen LogP contribution in [0.5, 0.6) is 0 Å². The fourth-order valence-corrected chi connectivity index (χ4v) is 2.75. The number of rotatable bonds is 6. The topological polar surface area (TPSA) is 70.2 Å². The molecule has 2 aromatic rings. The number of hydrogen-bond acceptors (Lipinski definition) is 3. The second kappa shape index (κ2) is 9.42. The van der Waals surface area contributed by atoms with Gasteiger partial charge in [0.05, 0.1) is 0 Å². The van der Waals surface area contributed by atoms with E-state index in [2.05, 4.69) is 16.0 Å². The van der Waals surface area contributed by atoms with Crippen molar-refractivity contribution in [3.8, 4) is 0 Å². The number of hydrogen-bond donors (Lipinski definition) is 3. The van der Waals surface area contributed by atoms with Gasteiger partial charge < -0.3 is 5.32 Å². The molecule has 0 aliphatic rings. The Kier molecular flexibility index (Phi) is 7.25. The number of benzene rings is 2. The molecule has 3 amide bonds. The molecule has 0 aliphatic carbocycles. The van der Waals surface area contributed by atoms with E-state index < -0.39 is 18.0 Å². The van der Waals surface area contributed by atoms with Crippen molar-refractivity contribution < 1.29 is 9.59 Å². The van der Waals surface area contributed by atoms with Gasteiger partial charge in [-0.25, -0.2) is 4.79 Å². The molecule has 0 fully saturated rings. The van der Waals surface area contributed by atoms with Crippen molar-refractivity contribution in [3.63, 3.8) is 0 Å². The van der Waals surface area contributed by atoms with Gasteiger partial charge in [-0.15, -0.1) is 0 Å². The maximum atomic E-state index is 12.5. The van der Waals surface area contributed by atoms with Crippen LogP contribution in [-0.2, 0) is 11.3 Å². The Hall–Kier alpha value is -2.08. The quantitative estimate of drug-likeness (QED) is 0.716. The Morgan fingerprint density at radius 1 is 1.08 bits per heavy atom. The fourth-order valence-electron chi connectivity index (χ4n) is 2.27. The van der Waals surface area contributed by atoms with Gasteiger partial charge in [0.25, 0.3) is 0 Å². The molecule has 7 heteroatoms. The zero-order chi connectivity index (χ0) is 18.2. The van der Waals surface area contributed by atoms with Crippen molar-refractivity contribution in [2.75, 3.05) is 6.54 Å². The second-order valence-electron chi connectivity index (χ2n) is 5.31. The van der Waals surface area contributed by atoms with Crippen LogP contribution >= 0.6 is 23.2 Å². The zero-order valence-corrected chi connectivity index (χ0v) is 15.2. The molecule has 0 aliphatic heterocycles. The minimum Gasteiger partial charge on any atom is -0.338 e. The molecule has 0 spiro atoms. The number of amides is 3. The summed E-state index contributed by atoms with van der Waals surface area (Å²) in [6.45, 7) is 2.56. The highest BCUT2D eigenvalue weighted by molar-refractivity contribution is 6.35. The molecular formula is C18H19Cl2N3O2. The largest absolute Gasteiger partial charge is 0.338 e. The van der Waals surface area contributed by atoms with E-state index in [1.165, 1.54) is 0 Å². The van der Waals surface area contributed by atoms with Gasteiger partial charge >= 0.3 is 6.03 Å². The molecule has 5 nitrogen and oxygen atoms in total. The number of carbonyl (C=O) groups excluding carboxylic acids is 2. The first-order valence-electron chi connectivity index (χ1n) is 7.82. The van der Waals surface area contributed by atoms with Crippen molar-refractivity contribution in [2.45, 2.75) is 19.5 Å². The fraction of sp³-hybridized carbons (Fsp3) is 0.222. The van der Waals surface area contributed by atoms with Crippen LogP contribution in [0, 0.1) is 0 Å². The smallest absolute Gasteiger partial charge is 0.321 e. The zero-order valence-electron chi connectivity index (χ0n) is 13.7. The summed E-state index contributed by atoms with van der Waals surface area (Å²) in [5, 5.41) is 9.07. The van der Waals surface area contributed by atoms with E-state index in [0.717, 1.165) is 11.1 Å². The Morgan fingerprint density at radius 2 is 1.80 bits per heavy atom. The summed E-state index contributed by atoms with van der Waals surface area (Å²) in [4.78, 5) is 24.1. The Bertz CT molecular complexity index is 738. The molecule has 3 N–H and O–H groups in total. The second-order valence-corrected chi connectivity index (χ2v) is 6.15. The van der Waals surface area contributed by atoms with Crippen molar-refractivity contribution in [2.24, 2.45) is 0 Å². The van der Waals surface area contributed by atoms with Crippen LogP contribution in [0.15, 0.2) is 48.5 Å². The molecule has 0 heterocycles. The van der Waals surface area contributed by atoms with Crippen LogP contribution in [0.1, 0.15) is 24.1 Å². The normalized spacial score (nSPS) is 11.6. The predicted octanol–water partition coefficient (Wildman–Crippen LogP) is 3.67. The summed E-state index contributed by atoms with van der Waals surface area (Å²) in [7, 11) is 0. The van der Waals surface area contributed by atoms with E-state index in [9.17, 15) is 9.59 Å². The molecule has 25 heavy (non-hydrogen) atoms. The third-order valence-corrected chi connectivity index (χ3v) is 4.07. The lowest BCUT2D eigenvalue weighted by atomic mass is 10.1. The van der Waals surface area contributed by atoms with Crippen molar-refractivity contribution in [3.05, 3.63) is 69.7 Å². The van der Waals surface area contributed by atoms with Gasteiger partial charge in [0.1, 0.15) is 6.04 Å². The number of urea groups is 1. The molecule has 0 saturated heterocycles. The van der Waals surface area contributed by atoms with Gasteiger partial charge in [0.15, 0.2) is 0 Å². The maximum absolute atomic E-state index is 12.5. The maximum Gasteiger partial charge on any atom is 0.321 e. The lowest BCUT2D eigenvalue weighted by molar-refractivity contribution is -0.122. The van der Waals surface area contributed by atoms with Crippen molar-refractivity contribution in [1.82, 2.24) is 16.0 Å². The van der Waals surface area contributed by atoms with Crippen LogP contribution in [-0.4, -0.2) is 18.5 Å². The van der Waals surface area contributed by atoms with Crippen LogP contribution in [0.4, 0.5) is 4.79 Å². The van der Waals surface area contributed by atoms with E-state index in [1.807, 2.05) is 30.3 Å². The van der Waals surface area contributed by atoms with Gasteiger partial charge in [-0.1, -0.05) is 59.6 Å². The molecule has 0 radical (unpaired) electrons. The number of imide groups is 1. The van der Waals surface area contributed by atoms with E-state index >= 15 is 0 Å².